The number of sulfonamides is 1. The van der Waals surface area contributed by atoms with E-state index in [1.165, 1.54) is 16.4 Å². The molecule has 0 atom stereocenters. The summed E-state index contributed by atoms with van der Waals surface area (Å²) in [4.78, 5) is 24.1. The number of esters is 1. The second kappa shape index (κ2) is 9.00. The number of carbonyl (C=O) groups excluding carboxylic acids is 2. The van der Waals surface area contributed by atoms with E-state index in [9.17, 15) is 22.4 Å². The first kappa shape index (κ1) is 21.4. The van der Waals surface area contributed by atoms with E-state index in [0.29, 0.717) is 5.02 Å². The zero-order valence-electron chi connectivity index (χ0n) is 15.1. The summed E-state index contributed by atoms with van der Waals surface area (Å²) in [6.07, 6.45) is 0. The highest BCUT2D eigenvalue weighted by atomic mass is 35.5. The van der Waals surface area contributed by atoms with Crippen molar-refractivity contribution in [2.75, 3.05) is 32.9 Å². The van der Waals surface area contributed by atoms with Crippen LogP contribution in [0.3, 0.4) is 0 Å². The first-order valence-corrected chi connectivity index (χ1v) is 10.4. The number of hydrogen-bond acceptors (Lipinski definition) is 6. The number of nitrogens with zero attached hydrogens (tertiary/aromatic N) is 1. The zero-order chi connectivity index (χ0) is 21.0. The van der Waals surface area contributed by atoms with Crippen molar-refractivity contribution < 1.29 is 31.9 Å². The van der Waals surface area contributed by atoms with Crippen molar-refractivity contribution >= 4 is 33.4 Å². The Kier molecular flexibility index (Phi) is 6.63. The fourth-order valence-corrected chi connectivity index (χ4v) is 4.34. The van der Waals surface area contributed by atoms with E-state index in [2.05, 4.69) is 0 Å². The number of hydrogen-bond donors (Lipinski definition) is 0. The molecule has 154 valence electrons. The van der Waals surface area contributed by atoms with Gasteiger partial charge in [-0.2, -0.15) is 4.31 Å². The molecule has 1 saturated heterocycles. The molecule has 7 nitrogen and oxygen atoms in total. The lowest BCUT2D eigenvalue weighted by atomic mass is 10.1. The summed E-state index contributed by atoms with van der Waals surface area (Å²) >= 11 is 5.81. The van der Waals surface area contributed by atoms with Crippen molar-refractivity contribution in [2.24, 2.45) is 0 Å². The highest BCUT2D eigenvalue weighted by Crippen LogP contribution is 2.21. The van der Waals surface area contributed by atoms with Crippen LogP contribution in [0.5, 0.6) is 0 Å². The predicted octanol–water partition coefficient (Wildman–Crippen LogP) is 2.54. The molecule has 0 unspecified atom stereocenters. The molecule has 0 aromatic heterocycles. The number of Topliss-reactive ketones (excluding diaryl/α,β-unsaturated/α-hetero) is 1. The highest BCUT2D eigenvalue weighted by molar-refractivity contribution is 7.89. The van der Waals surface area contributed by atoms with Gasteiger partial charge >= 0.3 is 5.97 Å². The maximum absolute atomic E-state index is 14.1. The summed E-state index contributed by atoms with van der Waals surface area (Å²) in [5.41, 5.74) is -0.340. The molecule has 0 aliphatic carbocycles. The van der Waals surface area contributed by atoms with Crippen LogP contribution in [0.1, 0.15) is 20.7 Å². The first-order chi connectivity index (χ1) is 13.8. The Morgan fingerprint density at radius 1 is 1.14 bits per heavy atom. The Hall–Kier alpha value is -2.33. The third-order valence-corrected chi connectivity index (χ3v) is 6.38. The lowest BCUT2D eigenvalue weighted by Crippen LogP contribution is -2.40. The van der Waals surface area contributed by atoms with Gasteiger partial charge in [-0.15, -0.1) is 0 Å². The van der Waals surface area contributed by atoms with Crippen molar-refractivity contribution in [1.29, 1.82) is 0 Å². The Morgan fingerprint density at radius 2 is 1.86 bits per heavy atom. The molecule has 2 aromatic rings. The van der Waals surface area contributed by atoms with Gasteiger partial charge < -0.3 is 9.47 Å². The smallest absolute Gasteiger partial charge is 0.341 e. The molecule has 2 aromatic carbocycles. The second-order valence-corrected chi connectivity index (χ2v) is 8.54. The van der Waals surface area contributed by atoms with E-state index in [1.54, 1.807) is 12.1 Å². The molecule has 1 aliphatic heterocycles. The monoisotopic (exact) mass is 441 g/mol. The normalized spacial score (nSPS) is 15.1. The summed E-state index contributed by atoms with van der Waals surface area (Å²) in [7, 11) is -3.92. The van der Waals surface area contributed by atoms with Crippen LogP contribution in [0.15, 0.2) is 47.4 Å². The number of rotatable bonds is 6. The minimum atomic E-state index is -3.92. The van der Waals surface area contributed by atoms with Gasteiger partial charge in [-0.25, -0.2) is 17.6 Å². The average molecular weight is 442 g/mol. The van der Waals surface area contributed by atoms with Crippen LogP contribution in [0.25, 0.3) is 0 Å². The summed E-state index contributed by atoms with van der Waals surface area (Å²) in [6, 6.07) is 8.92. The van der Waals surface area contributed by atoms with Gasteiger partial charge in [0, 0.05) is 23.7 Å². The standard InChI is InChI=1S/C19H17ClFNO6S/c20-14-3-1-2-13(10-14)18(23)12-28-19(24)16-11-15(4-5-17(16)21)29(25,26)22-6-8-27-9-7-22/h1-5,10-11H,6-9,12H2. The molecule has 0 amide bonds. The van der Waals surface area contributed by atoms with E-state index in [4.69, 9.17) is 21.1 Å². The van der Waals surface area contributed by atoms with Crippen molar-refractivity contribution in [3.8, 4) is 0 Å². The van der Waals surface area contributed by atoms with Crippen LogP contribution >= 0.6 is 11.6 Å². The molecule has 1 heterocycles. The maximum Gasteiger partial charge on any atom is 0.341 e. The second-order valence-electron chi connectivity index (χ2n) is 6.17. The SMILES string of the molecule is O=C(COC(=O)c1cc(S(=O)(=O)N2CCOCC2)ccc1F)c1cccc(Cl)c1. The topological polar surface area (TPSA) is 90.0 Å². The van der Waals surface area contributed by atoms with Gasteiger partial charge in [0.25, 0.3) is 0 Å². The van der Waals surface area contributed by atoms with Gasteiger partial charge in [0.15, 0.2) is 12.4 Å². The molecule has 3 rings (SSSR count). The Morgan fingerprint density at radius 3 is 2.55 bits per heavy atom. The lowest BCUT2D eigenvalue weighted by Gasteiger charge is -2.26. The van der Waals surface area contributed by atoms with E-state index in [0.717, 1.165) is 18.2 Å². The molecule has 10 heteroatoms. The highest BCUT2D eigenvalue weighted by Gasteiger charge is 2.28. The molecular formula is C19H17ClFNO6S. The van der Waals surface area contributed by atoms with Crippen LogP contribution in [0, 0.1) is 5.82 Å². The Bertz CT molecular complexity index is 1040. The molecule has 1 aliphatic rings. The van der Waals surface area contributed by atoms with Gasteiger partial charge in [0.1, 0.15) is 5.82 Å². The van der Waals surface area contributed by atoms with Gasteiger partial charge in [-0.05, 0) is 30.3 Å². The summed E-state index contributed by atoms with van der Waals surface area (Å²) < 4.78 is 50.7. The van der Waals surface area contributed by atoms with Crippen LogP contribution in [-0.2, 0) is 19.5 Å². The predicted molar refractivity (Wildman–Crippen MR) is 102 cm³/mol. The largest absolute Gasteiger partial charge is 0.454 e. The molecule has 0 saturated carbocycles. The number of ether oxygens (including phenoxy) is 2. The average Bonchev–Trinajstić information content (AvgIpc) is 2.72. The molecule has 0 N–H and O–H groups in total. The number of benzene rings is 2. The lowest BCUT2D eigenvalue weighted by molar-refractivity contribution is 0.0469. The van der Waals surface area contributed by atoms with Gasteiger partial charge in [0.2, 0.25) is 10.0 Å². The minimum absolute atomic E-state index is 0.160. The molecule has 0 bridgehead atoms. The quantitative estimate of drug-likeness (QED) is 0.505. The summed E-state index contributed by atoms with van der Waals surface area (Å²) in [5, 5.41) is 0.342. The minimum Gasteiger partial charge on any atom is -0.454 e. The molecule has 0 spiro atoms. The fraction of sp³-hybridized carbons (Fsp3) is 0.263. The van der Waals surface area contributed by atoms with E-state index in [-0.39, 0.29) is 36.8 Å². The van der Waals surface area contributed by atoms with Gasteiger partial charge in [0.05, 0.1) is 23.7 Å². The Labute approximate surface area is 172 Å². The molecule has 1 fully saturated rings. The molecule has 0 radical (unpaired) electrons. The number of morpholine rings is 1. The molecule has 29 heavy (non-hydrogen) atoms. The van der Waals surface area contributed by atoms with Crippen molar-refractivity contribution in [3.63, 3.8) is 0 Å². The third kappa shape index (κ3) is 4.99. The van der Waals surface area contributed by atoms with Gasteiger partial charge in [-0.1, -0.05) is 23.7 Å². The number of ketones is 1. The van der Waals surface area contributed by atoms with E-state index < -0.39 is 39.8 Å². The number of halogens is 2. The van der Waals surface area contributed by atoms with E-state index >= 15 is 0 Å². The molecular weight excluding hydrogens is 425 g/mol. The summed E-state index contributed by atoms with van der Waals surface area (Å²) in [6.45, 7) is 0.183. The van der Waals surface area contributed by atoms with Crippen molar-refractivity contribution in [1.82, 2.24) is 4.31 Å². The van der Waals surface area contributed by atoms with Crippen molar-refractivity contribution in [3.05, 3.63) is 64.4 Å². The van der Waals surface area contributed by atoms with E-state index in [1.807, 2.05) is 0 Å². The third-order valence-electron chi connectivity index (χ3n) is 4.25. The zero-order valence-corrected chi connectivity index (χ0v) is 16.7. The van der Waals surface area contributed by atoms with Crippen LogP contribution in [0.2, 0.25) is 5.02 Å². The summed E-state index contributed by atoms with van der Waals surface area (Å²) in [5.74, 6) is -2.62. The fourth-order valence-electron chi connectivity index (χ4n) is 2.71. The van der Waals surface area contributed by atoms with Crippen LogP contribution < -0.4 is 0 Å². The number of carbonyl (C=O) groups is 2. The van der Waals surface area contributed by atoms with Crippen LogP contribution in [-0.4, -0.2) is 57.4 Å². The first-order valence-electron chi connectivity index (χ1n) is 8.62. The van der Waals surface area contributed by atoms with Gasteiger partial charge in [-0.3, -0.25) is 4.79 Å². The van der Waals surface area contributed by atoms with Crippen molar-refractivity contribution in [2.45, 2.75) is 4.90 Å². The maximum atomic E-state index is 14.1. The van der Waals surface area contributed by atoms with Crippen LogP contribution in [0.4, 0.5) is 4.39 Å². The Balaban J connectivity index is 1.75.